The Kier molecular flexibility index (Phi) is 7.22. The summed E-state index contributed by atoms with van der Waals surface area (Å²) in [4.78, 5) is 36.2. The van der Waals surface area contributed by atoms with Crippen LogP contribution in [0.3, 0.4) is 0 Å². The van der Waals surface area contributed by atoms with E-state index in [2.05, 4.69) is 20.8 Å². The number of amides is 2. The summed E-state index contributed by atoms with van der Waals surface area (Å²) in [7, 11) is 0. The van der Waals surface area contributed by atoms with Gasteiger partial charge in [-0.15, -0.1) is 0 Å². The Morgan fingerprint density at radius 1 is 1.03 bits per heavy atom. The van der Waals surface area contributed by atoms with Gasteiger partial charge in [-0.3, -0.25) is 14.7 Å². The number of aliphatic carboxylic acids is 1. The second-order valence-corrected chi connectivity index (χ2v) is 8.08. The van der Waals surface area contributed by atoms with E-state index in [4.69, 9.17) is 9.84 Å². The van der Waals surface area contributed by atoms with Crippen LogP contribution in [0, 0.1) is 0 Å². The van der Waals surface area contributed by atoms with Crippen molar-refractivity contribution in [1.82, 2.24) is 20.8 Å². The van der Waals surface area contributed by atoms with E-state index in [1.807, 2.05) is 48.5 Å². The number of H-pyrrole nitrogens is 1. The highest BCUT2D eigenvalue weighted by atomic mass is 16.5. The molecule has 1 unspecified atom stereocenters. The lowest BCUT2D eigenvalue weighted by Crippen LogP contribution is -2.47. The fourth-order valence-corrected chi connectivity index (χ4v) is 4.19. The van der Waals surface area contributed by atoms with Gasteiger partial charge in [0.05, 0.1) is 0 Å². The number of hydrogen-bond donors (Lipinski definition) is 4. The summed E-state index contributed by atoms with van der Waals surface area (Å²) in [5.74, 6) is -1.63. The van der Waals surface area contributed by atoms with E-state index in [0.29, 0.717) is 13.0 Å². The summed E-state index contributed by atoms with van der Waals surface area (Å²) < 4.78 is 5.50. The molecule has 9 heteroatoms. The van der Waals surface area contributed by atoms with E-state index in [-0.39, 0.29) is 25.4 Å². The fraction of sp³-hybridized carbons (Fsp3) is 0.280. The minimum atomic E-state index is -1.05. The molecular weight excluding hydrogens is 436 g/mol. The first-order valence-corrected chi connectivity index (χ1v) is 11.1. The van der Waals surface area contributed by atoms with Gasteiger partial charge in [0, 0.05) is 37.2 Å². The number of carboxylic acids is 1. The number of hydrogen-bond acceptors (Lipinski definition) is 5. The van der Waals surface area contributed by atoms with E-state index in [9.17, 15) is 14.4 Å². The number of ether oxygens (including phenoxy) is 1. The van der Waals surface area contributed by atoms with Gasteiger partial charge in [-0.05, 0) is 34.7 Å². The monoisotopic (exact) mass is 462 g/mol. The third-order valence-corrected chi connectivity index (χ3v) is 5.85. The highest BCUT2D eigenvalue weighted by Crippen LogP contribution is 2.44. The van der Waals surface area contributed by atoms with Gasteiger partial charge in [-0.25, -0.2) is 4.79 Å². The van der Waals surface area contributed by atoms with E-state index in [1.165, 1.54) is 0 Å². The van der Waals surface area contributed by atoms with Crippen LogP contribution in [0.5, 0.6) is 0 Å². The van der Waals surface area contributed by atoms with Crippen molar-refractivity contribution in [3.8, 4) is 11.1 Å². The van der Waals surface area contributed by atoms with Crippen LogP contribution in [-0.4, -0.2) is 52.5 Å². The smallest absolute Gasteiger partial charge is 0.407 e. The van der Waals surface area contributed by atoms with Gasteiger partial charge < -0.3 is 20.5 Å². The number of aromatic nitrogens is 2. The molecule has 4 rings (SSSR count). The van der Waals surface area contributed by atoms with Crippen molar-refractivity contribution in [3.63, 3.8) is 0 Å². The molecule has 0 aliphatic heterocycles. The first kappa shape index (κ1) is 23.0. The highest BCUT2D eigenvalue weighted by Gasteiger charge is 2.29. The lowest BCUT2D eigenvalue weighted by atomic mass is 9.98. The molecule has 1 aliphatic rings. The van der Waals surface area contributed by atoms with Crippen LogP contribution < -0.4 is 10.6 Å². The van der Waals surface area contributed by atoms with Gasteiger partial charge in [0.15, 0.2) is 0 Å². The predicted octanol–water partition coefficient (Wildman–Crippen LogP) is 2.84. The van der Waals surface area contributed by atoms with Crippen molar-refractivity contribution >= 4 is 18.0 Å². The largest absolute Gasteiger partial charge is 0.481 e. The minimum Gasteiger partial charge on any atom is -0.481 e. The molecule has 0 saturated carbocycles. The van der Waals surface area contributed by atoms with Crippen LogP contribution in [0.15, 0.2) is 60.8 Å². The summed E-state index contributed by atoms with van der Waals surface area (Å²) in [5, 5.41) is 20.9. The second kappa shape index (κ2) is 10.7. The van der Waals surface area contributed by atoms with Gasteiger partial charge in [-0.1, -0.05) is 48.5 Å². The van der Waals surface area contributed by atoms with E-state index >= 15 is 0 Å². The van der Waals surface area contributed by atoms with Gasteiger partial charge in [0.1, 0.15) is 12.6 Å². The Morgan fingerprint density at radius 2 is 1.71 bits per heavy atom. The normalized spacial score (nSPS) is 12.9. The molecular formula is C25H26N4O5. The van der Waals surface area contributed by atoms with Crippen LogP contribution in [0.1, 0.15) is 35.6 Å². The molecule has 9 nitrogen and oxygen atoms in total. The molecule has 0 saturated heterocycles. The number of benzene rings is 2. The average molecular weight is 463 g/mol. The zero-order chi connectivity index (χ0) is 23.9. The molecule has 1 atom stereocenters. The second-order valence-electron chi connectivity index (χ2n) is 8.08. The Morgan fingerprint density at radius 3 is 2.32 bits per heavy atom. The standard InChI is InChI=1S/C25H26N4O5/c30-23(31)10-9-22(24(32)26-13-11-16-12-14-27-29-16)28-25(33)34-15-21-19-7-3-1-5-17(19)18-6-2-4-8-20(18)21/h1-8,12,14,21-22H,9-11,13,15H2,(H,26,32)(H,27,29)(H,28,33)(H,30,31). The molecule has 1 heterocycles. The van der Waals surface area contributed by atoms with Crippen LogP contribution in [0.4, 0.5) is 4.79 Å². The van der Waals surface area contributed by atoms with Crippen LogP contribution in [0.25, 0.3) is 11.1 Å². The summed E-state index contributed by atoms with van der Waals surface area (Å²) in [5.41, 5.74) is 5.24. The molecule has 2 aromatic carbocycles. The van der Waals surface area contributed by atoms with Crippen LogP contribution >= 0.6 is 0 Å². The Labute approximate surface area is 196 Å². The average Bonchev–Trinajstić information content (AvgIpc) is 3.46. The van der Waals surface area contributed by atoms with Gasteiger partial charge in [0.2, 0.25) is 5.91 Å². The van der Waals surface area contributed by atoms with Gasteiger partial charge in [-0.2, -0.15) is 5.10 Å². The Hall–Kier alpha value is -4.14. The lowest BCUT2D eigenvalue weighted by molar-refractivity contribution is -0.137. The number of nitrogens with zero attached hydrogens (tertiary/aromatic N) is 1. The number of rotatable bonds is 10. The summed E-state index contributed by atoms with van der Waals surface area (Å²) in [6, 6.07) is 16.8. The molecule has 0 fully saturated rings. The maximum atomic E-state index is 12.6. The molecule has 1 aliphatic carbocycles. The molecule has 3 aromatic rings. The molecule has 0 bridgehead atoms. The third-order valence-electron chi connectivity index (χ3n) is 5.85. The molecule has 4 N–H and O–H groups in total. The molecule has 34 heavy (non-hydrogen) atoms. The maximum absolute atomic E-state index is 12.6. The molecule has 0 radical (unpaired) electrons. The molecule has 2 amide bonds. The highest BCUT2D eigenvalue weighted by molar-refractivity contribution is 5.86. The number of alkyl carbamates (subject to hydrolysis) is 1. The van der Waals surface area contributed by atoms with Crippen molar-refractivity contribution in [1.29, 1.82) is 0 Å². The number of carboxylic acid groups (broad SMARTS) is 1. The zero-order valence-corrected chi connectivity index (χ0v) is 18.5. The lowest BCUT2D eigenvalue weighted by Gasteiger charge is -2.19. The first-order valence-electron chi connectivity index (χ1n) is 11.1. The first-order chi connectivity index (χ1) is 16.5. The van der Waals surface area contributed by atoms with E-state index in [0.717, 1.165) is 27.9 Å². The quantitative estimate of drug-likeness (QED) is 0.366. The zero-order valence-electron chi connectivity index (χ0n) is 18.5. The summed E-state index contributed by atoms with van der Waals surface area (Å²) in [6.07, 6.45) is 1.08. The van der Waals surface area contributed by atoms with Gasteiger partial charge >= 0.3 is 12.1 Å². The van der Waals surface area contributed by atoms with Crippen molar-refractivity contribution in [2.75, 3.05) is 13.2 Å². The van der Waals surface area contributed by atoms with Crippen molar-refractivity contribution in [2.24, 2.45) is 0 Å². The number of fused-ring (bicyclic) bond motifs is 3. The van der Waals surface area contributed by atoms with E-state index < -0.39 is 24.0 Å². The van der Waals surface area contributed by atoms with E-state index in [1.54, 1.807) is 12.3 Å². The van der Waals surface area contributed by atoms with Crippen molar-refractivity contribution in [2.45, 2.75) is 31.2 Å². The number of nitrogens with one attached hydrogen (secondary N) is 3. The molecule has 1 aromatic heterocycles. The number of carbonyl (C=O) groups excluding carboxylic acids is 2. The Balaban J connectivity index is 1.36. The Bertz CT molecular complexity index is 1120. The molecule has 176 valence electrons. The van der Waals surface area contributed by atoms with Crippen molar-refractivity contribution < 1.29 is 24.2 Å². The fourth-order valence-electron chi connectivity index (χ4n) is 4.19. The number of aromatic amines is 1. The summed E-state index contributed by atoms with van der Waals surface area (Å²) >= 11 is 0. The minimum absolute atomic E-state index is 0.0462. The topological polar surface area (TPSA) is 133 Å². The van der Waals surface area contributed by atoms with Crippen LogP contribution in [-0.2, 0) is 20.7 Å². The SMILES string of the molecule is O=C(O)CCC(NC(=O)OCC1c2ccccc2-c2ccccc21)C(=O)NCCc1ccn[nH]1. The summed E-state index contributed by atoms with van der Waals surface area (Å²) in [6.45, 7) is 0.421. The molecule has 0 spiro atoms. The third kappa shape index (κ3) is 5.43. The van der Waals surface area contributed by atoms with Crippen molar-refractivity contribution in [3.05, 3.63) is 77.6 Å². The predicted molar refractivity (Wildman–Crippen MR) is 124 cm³/mol. The maximum Gasteiger partial charge on any atom is 0.407 e. The number of carbonyl (C=O) groups is 3. The van der Waals surface area contributed by atoms with Crippen LogP contribution in [0.2, 0.25) is 0 Å². The van der Waals surface area contributed by atoms with Gasteiger partial charge in [0.25, 0.3) is 0 Å².